The van der Waals surface area contributed by atoms with Crippen LogP contribution in [0.4, 0.5) is 0 Å². The number of hydrogen-bond donors (Lipinski definition) is 0. The molecule has 0 rings (SSSR count). The summed E-state index contributed by atoms with van der Waals surface area (Å²) in [7, 11) is 0. The van der Waals surface area contributed by atoms with Crippen LogP contribution < -0.4 is 0 Å². The molecule has 0 bridgehead atoms. The smallest absolute Gasteiger partial charge is 0.0318 e. The topological polar surface area (TPSA) is 0 Å². The Kier molecular flexibility index (Phi) is 22.8. The normalized spacial score (nSPS) is 12.4. The van der Waals surface area contributed by atoms with E-state index in [1.807, 2.05) is 11.1 Å². The molecule has 0 aliphatic carbocycles. The summed E-state index contributed by atoms with van der Waals surface area (Å²) in [6.45, 7) is 9.36. The van der Waals surface area contributed by atoms with Crippen LogP contribution in [-0.2, 0) is 0 Å². The maximum atomic E-state index is 2.40. The Bertz CT molecular complexity index is 325. The van der Waals surface area contributed by atoms with Gasteiger partial charge in [-0.3, -0.25) is 0 Å². The van der Waals surface area contributed by atoms with Crippen molar-refractivity contribution >= 4 is 0 Å². The van der Waals surface area contributed by atoms with Crippen LogP contribution in [0.1, 0.15) is 169 Å². The van der Waals surface area contributed by atoms with E-state index in [4.69, 9.17) is 0 Å². The van der Waals surface area contributed by atoms with Crippen LogP contribution in [0.25, 0.3) is 0 Å². The van der Waals surface area contributed by atoms with Gasteiger partial charge in [0.15, 0.2) is 0 Å². The van der Waals surface area contributed by atoms with Gasteiger partial charge in [0.25, 0.3) is 0 Å². The molecule has 0 aliphatic rings. The average molecular weight is 393 g/mol. The standard InChI is InChI=1S/C28H56/c1-5-9-12-14-16-17-19-20-22-25-27(8-4)28(24-11-7-3)26-23-21-18-15-13-10-6-2/h5-26H2,1-4H3/b28-27-. The molecule has 0 N–H and O–H groups in total. The van der Waals surface area contributed by atoms with Crippen LogP contribution in [-0.4, -0.2) is 0 Å². The molecule has 0 nitrogen and oxygen atoms in total. The van der Waals surface area contributed by atoms with Gasteiger partial charge in [-0.25, -0.2) is 0 Å². The van der Waals surface area contributed by atoms with Crippen molar-refractivity contribution in [2.45, 2.75) is 169 Å². The van der Waals surface area contributed by atoms with Gasteiger partial charge in [0, 0.05) is 0 Å². The highest BCUT2D eigenvalue weighted by Gasteiger charge is 2.06. The summed E-state index contributed by atoms with van der Waals surface area (Å²) in [5.41, 5.74) is 3.69. The minimum atomic E-state index is 1.30. The molecule has 0 aromatic carbocycles. The number of allylic oxidation sites excluding steroid dienone is 2. The molecule has 0 fully saturated rings. The van der Waals surface area contributed by atoms with E-state index in [9.17, 15) is 0 Å². The number of rotatable bonds is 22. The number of hydrogen-bond acceptors (Lipinski definition) is 0. The molecular weight excluding hydrogens is 336 g/mol. The van der Waals surface area contributed by atoms with Gasteiger partial charge >= 0.3 is 0 Å². The highest BCUT2D eigenvalue weighted by molar-refractivity contribution is 5.14. The second-order valence-corrected chi connectivity index (χ2v) is 9.11. The van der Waals surface area contributed by atoms with Gasteiger partial charge in [-0.1, -0.05) is 135 Å². The van der Waals surface area contributed by atoms with Crippen molar-refractivity contribution in [3.63, 3.8) is 0 Å². The monoisotopic (exact) mass is 392 g/mol. The van der Waals surface area contributed by atoms with Crippen molar-refractivity contribution in [3.05, 3.63) is 11.1 Å². The first kappa shape index (κ1) is 27.7. The van der Waals surface area contributed by atoms with E-state index < -0.39 is 0 Å². The highest BCUT2D eigenvalue weighted by Crippen LogP contribution is 2.26. The molecule has 0 aromatic rings. The molecule has 0 saturated heterocycles. The summed E-state index contributed by atoms with van der Waals surface area (Å²) in [5.74, 6) is 0. The fourth-order valence-corrected chi connectivity index (χ4v) is 4.42. The molecule has 28 heavy (non-hydrogen) atoms. The first-order valence-corrected chi connectivity index (χ1v) is 13.5. The van der Waals surface area contributed by atoms with E-state index in [0.29, 0.717) is 0 Å². The lowest BCUT2D eigenvalue weighted by Crippen LogP contribution is -1.95. The second kappa shape index (κ2) is 23.0. The maximum absolute atomic E-state index is 2.40. The first-order chi connectivity index (χ1) is 13.8. The van der Waals surface area contributed by atoms with Gasteiger partial charge < -0.3 is 0 Å². The fraction of sp³-hybridized carbons (Fsp3) is 0.929. The van der Waals surface area contributed by atoms with Crippen LogP contribution in [0.3, 0.4) is 0 Å². The minimum absolute atomic E-state index is 1.30. The van der Waals surface area contributed by atoms with E-state index in [1.54, 1.807) is 0 Å². The van der Waals surface area contributed by atoms with Crippen molar-refractivity contribution in [2.24, 2.45) is 0 Å². The summed E-state index contributed by atoms with van der Waals surface area (Å²) in [4.78, 5) is 0. The summed E-state index contributed by atoms with van der Waals surface area (Å²) < 4.78 is 0. The molecule has 0 aliphatic heterocycles. The van der Waals surface area contributed by atoms with E-state index in [-0.39, 0.29) is 0 Å². The maximum Gasteiger partial charge on any atom is -0.0318 e. The van der Waals surface area contributed by atoms with Gasteiger partial charge in [0.05, 0.1) is 0 Å². The summed E-state index contributed by atoms with van der Waals surface area (Å²) in [5, 5.41) is 0. The van der Waals surface area contributed by atoms with Crippen LogP contribution in [0.15, 0.2) is 11.1 Å². The molecule has 0 spiro atoms. The molecule has 0 heterocycles. The molecule has 0 radical (unpaired) electrons. The molecule has 168 valence electrons. The first-order valence-electron chi connectivity index (χ1n) is 13.5. The number of unbranched alkanes of at least 4 members (excludes halogenated alkanes) is 15. The van der Waals surface area contributed by atoms with Crippen molar-refractivity contribution in [1.29, 1.82) is 0 Å². The molecule has 0 atom stereocenters. The Morgan fingerprint density at radius 2 is 0.643 bits per heavy atom. The van der Waals surface area contributed by atoms with Gasteiger partial charge in [0.2, 0.25) is 0 Å². The van der Waals surface area contributed by atoms with Crippen molar-refractivity contribution < 1.29 is 0 Å². The molecule has 0 saturated carbocycles. The van der Waals surface area contributed by atoms with Crippen LogP contribution >= 0.6 is 0 Å². The summed E-state index contributed by atoms with van der Waals surface area (Å²) in [6, 6.07) is 0. The van der Waals surface area contributed by atoms with Crippen LogP contribution in [0.5, 0.6) is 0 Å². The summed E-state index contributed by atoms with van der Waals surface area (Å²) >= 11 is 0. The lowest BCUT2D eigenvalue weighted by atomic mass is 9.91. The zero-order valence-corrected chi connectivity index (χ0v) is 20.6. The third-order valence-corrected chi connectivity index (χ3v) is 6.42. The third kappa shape index (κ3) is 17.8. The van der Waals surface area contributed by atoms with Gasteiger partial charge in [-0.05, 0) is 44.9 Å². The lowest BCUT2D eigenvalue weighted by Gasteiger charge is -2.15. The molecule has 0 unspecified atom stereocenters. The van der Waals surface area contributed by atoms with E-state index in [0.717, 1.165) is 0 Å². The molecule has 0 amide bonds. The molecule has 0 heteroatoms. The highest BCUT2D eigenvalue weighted by atomic mass is 14.1. The van der Waals surface area contributed by atoms with Crippen LogP contribution in [0.2, 0.25) is 0 Å². The third-order valence-electron chi connectivity index (χ3n) is 6.42. The lowest BCUT2D eigenvalue weighted by molar-refractivity contribution is 0.559. The quantitative estimate of drug-likeness (QED) is 0.127. The van der Waals surface area contributed by atoms with E-state index in [2.05, 4.69) is 27.7 Å². The Balaban J connectivity index is 4.08. The molecule has 0 aromatic heterocycles. The van der Waals surface area contributed by atoms with Gasteiger partial charge in [-0.15, -0.1) is 0 Å². The zero-order valence-electron chi connectivity index (χ0n) is 20.6. The Hall–Kier alpha value is -0.260. The van der Waals surface area contributed by atoms with Crippen molar-refractivity contribution in [3.8, 4) is 0 Å². The van der Waals surface area contributed by atoms with E-state index >= 15 is 0 Å². The minimum Gasteiger partial charge on any atom is -0.0713 e. The van der Waals surface area contributed by atoms with Crippen LogP contribution in [0, 0.1) is 0 Å². The Morgan fingerprint density at radius 1 is 0.321 bits per heavy atom. The van der Waals surface area contributed by atoms with Gasteiger partial charge in [-0.2, -0.15) is 0 Å². The predicted octanol–water partition coefficient (Wildman–Crippen LogP) is 10.9. The van der Waals surface area contributed by atoms with E-state index in [1.165, 1.54) is 141 Å². The predicted molar refractivity (Wildman–Crippen MR) is 131 cm³/mol. The summed E-state index contributed by atoms with van der Waals surface area (Å²) in [6.07, 6.45) is 31.3. The Labute approximate surface area is 180 Å². The molecular formula is C28H56. The zero-order chi connectivity index (χ0) is 20.7. The largest absolute Gasteiger partial charge is 0.0713 e. The van der Waals surface area contributed by atoms with Gasteiger partial charge in [0.1, 0.15) is 0 Å². The SMILES string of the molecule is CCCCCCCCCCC/C(CC)=C(/CCCC)CCCCCCCCC. The second-order valence-electron chi connectivity index (χ2n) is 9.11. The average Bonchev–Trinajstić information content (AvgIpc) is 2.71. The fourth-order valence-electron chi connectivity index (χ4n) is 4.42. The van der Waals surface area contributed by atoms with Crippen molar-refractivity contribution in [1.82, 2.24) is 0 Å². The van der Waals surface area contributed by atoms with Crippen molar-refractivity contribution in [2.75, 3.05) is 0 Å². The Morgan fingerprint density at radius 3 is 1.04 bits per heavy atom.